The molecule has 0 aromatic heterocycles. The Morgan fingerprint density at radius 2 is 2.14 bits per heavy atom. The molecule has 0 radical (unpaired) electrons. The van der Waals surface area contributed by atoms with Gasteiger partial charge >= 0.3 is 5.97 Å². The number of carbonyl (C=O) groups excluding carboxylic acids is 2. The van der Waals surface area contributed by atoms with Crippen molar-refractivity contribution < 1.29 is 18.7 Å². The number of methoxy groups -OCH3 is 1. The molecule has 0 heterocycles. The molecule has 0 spiro atoms. The molecule has 1 amide bonds. The second-order valence-corrected chi connectivity index (χ2v) is 5.46. The van der Waals surface area contributed by atoms with Crippen molar-refractivity contribution >= 4 is 33.5 Å². The Hall–Kier alpha value is -1.94. The van der Waals surface area contributed by atoms with Crippen LogP contribution in [0.2, 0.25) is 0 Å². The van der Waals surface area contributed by atoms with Gasteiger partial charge in [-0.2, -0.15) is 5.26 Å². The van der Waals surface area contributed by atoms with E-state index in [1.165, 1.54) is 11.8 Å². The zero-order valence-corrected chi connectivity index (χ0v) is 13.0. The first kappa shape index (κ1) is 15.4. The third kappa shape index (κ3) is 2.76. The van der Waals surface area contributed by atoms with Crippen molar-refractivity contribution in [3.8, 4) is 6.07 Å². The van der Waals surface area contributed by atoms with Crippen LogP contribution in [0.15, 0.2) is 10.5 Å². The summed E-state index contributed by atoms with van der Waals surface area (Å²) in [6.07, 6.45) is 1.56. The topological polar surface area (TPSA) is 70.4 Å². The molecule has 1 aliphatic rings. The summed E-state index contributed by atoms with van der Waals surface area (Å²) in [6, 6.07) is 2.76. The summed E-state index contributed by atoms with van der Waals surface area (Å²) < 4.78 is 18.4. The van der Waals surface area contributed by atoms with E-state index < -0.39 is 11.8 Å². The van der Waals surface area contributed by atoms with E-state index in [2.05, 4.69) is 20.7 Å². The molecule has 1 aromatic carbocycles. The molecule has 21 heavy (non-hydrogen) atoms. The maximum Gasteiger partial charge on any atom is 0.340 e. The predicted molar refractivity (Wildman–Crippen MR) is 76.3 cm³/mol. The minimum atomic E-state index is -0.792. The maximum absolute atomic E-state index is 13.9. The molecule has 1 aliphatic carbocycles. The fraction of sp³-hybridized carbons (Fsp3) is 0.357. The second kappa shape index (κ2) is 5.82. The summed E-state index contributed by atoms with van der Waals surface area (Å²) in [6.45, 7) is 1.35. The Labute approximate surface area is 129 Å². The zero-order valence-electron chi connectivity index (χ0n) is 11.4. The Balaban J connectivity index is 2.76. The number of amides is 1. The molecule has 1 saturated carbocycles. The zero-order chi connectivity index (χ0) is 15.7. The number of hydrogen-bond acceptors (Lipinski definition) is 4. The van der Waals surface area contributed by atoms with Crippen LogP contribution < -0.4 is 4.90 Å². The molecule has 0 atom stereocenters. The van der Waals surface area contributed by atoms with Gasteiger partial charge < -0.3 is 9.64 Å². The van der Waals surface area contributed by atoms with Gasteiger partial charge in [0, 0.05) is 13.0 Å². The number of ether oxygens (including phenoxy) is 1. The Kier molecular flexibility index (Phi) is 4.28. The molecule has 7 heteroatoms. The molecule has 0 bridgehead atoms. The lowest BCUT2D eigenvalue weighted by Crippen LogP contribution is -2.33. The summed E-state index contributed by atoms with van der Waals surface area (Å²) in [5.41, 5.74) is -0.109. The molecule has 0 saturated heterocycles. The number of halogens is 2. The first-order valence-electron chi connectivity index (χ1n) is 6.22. The number of benzene rings is 1. The molecule has 0 N–H and O–H groups in total. The van der Waals surface area contributed by atoms with Crippen molar-refractivity contribution in [3.63, 3.8) is 0 Å². The molecular formula is C14H12BrFN2O3. The van der Waals surface area contributed by atoms with Crippen LogP contribution in [0.25, 0.3) is 0 Å². The second-order valence-electron chi connectivity index (χ2n) is 4.67. The lowest BCUT2D eigenvalue weighted by atomic mass is 10.1. The van der Waals surface area contributed by atoms with Crippen molar-refractivity contribution in [1.82, 2.24) is 0 Å². The smallest absolute Gasteiger partial charge is 0.340 e. The van der Waals surface area contributed by atoms with Crippen LogP contribution in [-0.2, 0) is 9.53 Å². The SMILES string of the molecule is COC(=O)c1cc(F)c(Br)c(C#N)c1N(C(C)=O)C1CC1. The molecule has 1 aromatic rings. The van der Waals surface area contributed by atoms with Gasteiger partial charge in [0.15, 0.2) is 0 Å². The highest BCUT2D eigenvalue weighted by Gasteiger charge is 2.37. The van der Waals surface area contributed by atoms with Crippen LogP contribution in [-0.4, -0.2) is 25.0 Å². The average Bonchev–Trinajstić information content (AvgIpc) is 3.26. The van der Waals surface area contributed by atoms with Gasteiger partial charge in [-0.3, -0.25) is 4.79 Å². The highest BCUT2D eigenvalue weighted by Crippen LogP contribution is 2.39. The number of hydrogen-bond donors (Lipinski definition) is 0. The molecule has 0 aliphatic heterocycles. The van der Waals surface area contributed by atoms with Crippen molar-refractivity contribution in [1.29, 1.82) is 5.26 Å². The Bertz CT molecular complexity index is 665. The summed E-state index contributed by atoms with van der Waals surface area (Å²) in [4.78, 5) is 25.2. The fourth-order valence-electron chi connectivity index (χ4n) is 2.16. The number of rotatable bonds is 3. The molecule has 0 unspecified atom stereocenters. The lowest BCUT2D eigenvalue weighted by molar-refractivity contribution is -0.116. The van der Waals surface area contributed by atoms with E-state index in [9.17, 15) is 19.2 Å². The molecule has 1 fully saturated rings. The van der Waals surface area contributed by atoms with E-state index in [1.54, 1.807) is 0 Å². The quantitative estimate of drug-likeness (QED) is 0.782. The molecule has 2 rings (SSSR count). The van der Waals surface area contributed by atoms with Crippen molar-refractivity contribution in [3.05, 3.63) is 27.5 Å². The third-order valence-electron chi connectivity index (χ3n) is 3.20. The largest absolute Gasteiger partial charge is 0.465 e. The standard InChI is InChI=1S/C14H12BrFN2O3/c1-7(19)18(8-3-4-8)13-9(14(20)21-2)5-11(16)12(15)10(13)6-17/h5,8H,3-4H2,1-2H3. The van der Waals surface area contributed by atoms with Crippen LogP contribution in [0.5, 0.6) is 0 Å². The molecular weight excluding hydrogens is 343 g/mol. The van der Waals surface area contributed by atoms with Gasteiger partial charge in [-0.25, -0.2) is 9.18 Å². The van der Waals surface area contributed by atoms with Crippen molar-refractivity contribution in [2.45, 2.75) is 25.8 Å². The summed E-state index contributed by atoms with van der Waals surface area (Å²) in [7, 11) is 1.16. The molecule has 110 valence electrons. The van der Waals surface area contributed by atoms with Gasteiger partial charge in [0.25, 0.3) is 0 Å². The summed E-state index contributed by atoms with van der Waals surface area (Å²) in [5.74, 6) is -1.85. The first-order chi connectivity index (χ1) is 9.92. The predicted octanol–water partition coefficient (Wildman–Crippen LogP) is 2.76. The number of nitrogens with zero attached hydrogens (tertiary/aromatic N) is 2. The summed E-state index contributed by atoms with van der Waals surface area (Å²) >= 11 is 3.00. The van der Waals surface area contributed by atoms with E-state index in [0.29, 0.717) is 0 Å². The molecule has 5 nitrogen and oxygen atoms in total. The Morgan fingerprint density at radius 1 is 1.52 bits per heavy atom. The van der Waals surface area contributed by atoms with E-state index in [4.69, 9.17) is 0 Å². The van der Waals surface area contributed by atoms with E-state index >= 15 is 0 Å². The van der Waals surface area contributed by atoms with Gasteiger partial charge in [-0.15, -0.1) is 0 Å². The van der Waals surface area contributed by atoms with Gasteiger partial charge in [-0.05, 0) is 34.8 Å². The van der Waals surface area contributed by atoms with Crippen LogP contribution in [0.3, 0.4) is 0 Å². The average molecular weight is 355 g/mol. The highest BCUT2D eigenvalue weighted by atomic mass is 79.9. The lowest BCUT2D eigenvalue weighted by Gasteiger charge is -2.24. The van der Waals surface area contributed by atoms with Crippen molar-refractivity contribution in [2.24, 2.45) is 0 Å². The van der Waals surface area contributed by atoms with Gasteiger partial charge in [0.1, 0.15) is 11.9 Å². The minimum absolute atomic E-state index is 0.0699. The van der Waals surface area contributed by atoms with Crippen LogP contribution in [0.4, 0.5) is 10.1 Å². The van der Waals surface area contributed by atoms with Gasteiger partial charge in [-0.1, -0.05) is 0 Å². The van der Waals surface area contributed by atoms with E-state index in [0.717, 1.165) is 26.0 Å². The van der Waals surface area contributed by atoms with Gasteiger partial charge in [0.2, 0.25) is 5.91 Å². The number of carbonyl (C=O) groups is 2. The minimum Gasteiger partial charge on any atom is -0.465 e. The van der Waals surface area contributed by atoms with Crippen LogP contribution >= 0.6 is 15.9 Å². The van der Waals surface area contributed by atoms with E-state index in [1.807, 2.05) is 6.07 Å². The highest BCUT2D eigenvalue weighted by molar-refractivity contribution is 9.10. The van der Waals surface area contributed by atoms with Gasteiger partial charge in [0.05, 0.1) is 28.4 Å². The van der Waals surface area contributed by atoms with Crippen molar-refractivity contribution in [2.75, 3.05) is 12.0 Å². The number of nitriles is 1. The fourth-order valence-corrected chi connectivity index (χ4v) is 2.56. The van der Waals surface area contributed by atoms with Crippen LogP contribution in [0, 0.1) is 17.1 Å². The normalized spacial score (nSPS) is 13.5. The third-order valence-corrected chi connectivity index (χ3v) is 3.98. The Morgan fingerprint density at radius 3 is 2.57 bits per heavy atom. The number of anilines is 1. The number of esters is 1. The van der Waals surface area contributed by atoms with Crippen LogP contribution in [0.1, 0.15) is 35.7 Å². The monoisotopic (exact) mass is 354 g/mol. The van der Waals surface area contributed by atoms with E-state index in [-0.39, 0.29) is 33.2 Å². The first-order valence-corrected chi connectivity index (χ1v) is 7.01. The summed E-state index contributed by atoms with van der Waals surface area (Å²) in [5, 5.41) is 9.30. The maximum atomic E-state index is 13.9.